The van der Waals surface area contributed by atoms with Crippen LogP contribution in [0.4, 0.5) is 13.2 Å². The number of ether oxygens (including phenoxy) is 3. The summed E-state index contributed by atoms with van der Waals surface area (Å²) in [6.07, 6.45) is -4.53. The van der Waals surface area contributed by atoms with Gasteiger partial charge in [-0.15, -0.1) is 0 Å². The summed E-state index contributed by atoms with van der Waals surface area (Å²) in [5.74, 6) is -0.888. The van der Waals surface area contributed by atoms with Crippen molar-refractivity contribution in [3.8, 4) is 11.5 Å². The smallest absolute Gasteiger partial charge is 0.416 e. The lowest BCUT2D eigenvalue weighted by atomic mass is 10.1. The van der Waals surface area contributed by atoms with Crippen molar-refractivity contribution in [2.75, 3.05) is 20.8 Å². The van der Waals surface area contributed by atoms with Gasteiger partial charge in [0.25, 0.3) is 5.91 Å². The number of carbonyl (C=O) groups is 2. The molecule has 0 radical (unpaired) electrons. The Morgan fingerprint density at radius 3 is 2.39 bits per heavy atom. The maximum absolute atomic E-state index is 12.9. The molecule has 0 saturated heterocycles. The highest BCUT2D eigenvalue weighted by Gasteiger charge is 2.32. The largest absolute Gasteiger partial charge is 0.497 e. The van der Waals surface area contributed by atoms with Crippen molar-refractivity contribution >= 4 is 11.9 Å². The van der Waals surface area contributed by atoms with Crippen molar-refractivity contribution in [2.24, 2.45) is 0 Å². The molecule has 9 heteroatoms. The third kappa shape index (κ3) is 5.38. The first-order valence-electron chi connectivity index (χ1n) is 8.07. The number of methoxy groups -OCH3 is 2. The lowest BCUT2D eigenvalue weighted by molar-refractivity contribution is -0.138. The van der Waals surface area contributed by atoms with Crippen LogP contribution in [0.2, 0.25) is 0 Å². The van der Waals surface area contributed by atoms with Crippen LogP contribution in [0, 0.1) is 0 Å². The van der Waals surface area contributed by atoms with Crippen molar-refractivity contribution < 1.29 is 37.0 Å². The van der Waals surface area contributed by atoms with E-state index in [1.54, 1.807) is 0 Å². The SMILES string of the molecule is COc1ccc(C(=O)OCC(=O)NCc2ccccc2C(F)(F)F)c(OC)c1. The summed E-state index contributed by atoms with van der Waals surface area (Å²) in [6.45, 7) is -1.000. The molecule has 28 heavy (non-hydrogen) atoms. The molecule has 0 heterocycles. The first kappa shape index (κ1) is 21.1. The predicted molar refractivity (Wildman–Crippen MR) is 93.1 cm³/mol. The zero-order chi connectivity index (χ0) is 20.7. The number of hydrogen-bond acceptors (Lipinski definition) is 5. The molecule has 1 N–H and O–H groups in total. The number of benzene rings is 2. The Bertz CT molecular complexity index is 852. The fourth-order valence-electron chi connectivity index (χ4n) is 2.37. The Hall–Kier alpha value is -3.23. The molecule has 0 saturated carbocycles. The summed E-state index contributed by atoms with van der Waals surface area (Å²) in [5, 5.41) is 2.30. The number of amides is 1. The van der Waals surface area contributed by atoms with E-state index in [1.807, 2.05) is 0 Å². The molecular weight excluding hydrogens is 379 g/mol. The van der Waals surface area contributed by atoms with E-state index in [2.05, 4.69) is 5.32 Å². The first-order chi connectivity index (χ1) is 13.3. The van der Waals surface area contributed by atoms with Gasteiger partial charge in [0.15, 0.2) is 6.61 Å². The molecule has 0 bridgehead atoms. The summed E-state index contributed by atoms with van der Waals surface area (Å²) < 4.78 is 53.8. The summed E-state index contributed by atoms with van der Waals surface area (Å²) in [7, 11) is 2.81. The monoisotopic (exact) mass is 397 g/mol. The van der Waals surface area contributed by atoms with Gasteiger partial charge in [0.2, 0.25) is 0 Å². The molecule has 0 aromatic heterocycles. The molecule has 1 amide bonds. The highest BCUT2D eigenvalue weighted by Crippen LogP contribution is 2.31. The molecule has 0 spiro atoms. The Labute approximate surface area is 159 Å². The fourth-order valence-corrected chi connectivity index (χ4v) is 2.37. The van der Waals surface area contributed by atoms with E-state index >= 15 is 0 Å². The van der Waals surface area contributed by atoms with Crippen LogP contribution in [-0.4, -0.2) is 32.7 Å². The van der Waals surface area contributed by atoms with E-state index in [4.69, 9.17) is 14.2 Å². The number of rotatable bonds is 7. The molecule has 0 unspecified atom stereocenters. The summed E-state index contributed by atoms with van der Waals surface area (Å²) >= 11 is 0. The van der Waals surface area contributed by atoms with Crippen LogP contribution in [0.15, 0.2) is 42.5 Å². The standard InChI is InChI=1S/C19H18F3NO5/c1-26-13-7-8-14(16(9-13)27-2)18(25)28-11-17(24)23-10-12-5-3-4-6-15(12)19(20,21)22/h3-9H,10-11H2,1-2H3,(H,23,24). The second-order valence-corrected chi connectivity index (χ2v) is 5.57. The number of carbonyl (C=O) groups excluding carboxylic acids is 2. The van der Waals surface area contributed by atoms with E-state index in [1.165, 1.54) is 50.6 Å². The zero-order valence-corrected chi connectivity index (χ0v) is 15.1. The van der Waals surface area contributed by atoms with Gasteiger partial charge in [-0.05, 0) is 23.8 Å². The van der Waals surface area contributed by atoms with Crippen molar-refractivity contribution in [3.63, 3.8) is 0 Å². The quantitative estimate of drug-likeness (QED) is 0.727. The normalized spacial score (nSPS) is 10.9. The van der Waals surface area contributed by atoms with Gasteiger partial charge in [0.05, 0.1) is 19.8 Å². The van der Waals surface area contributed by atoms with E-state index in [9.17, 15) is 22.8 Å². The maximum Gasteiger partial charge on any atom is 0.416 e. The summed E-state index contributed by atoms with van der Waals surface area (Å²) in [5.41, 5.74) is -0.847. The van der Waals surface area contributed by atoms with Crippen LogP contribution < -0.4 is 14.8 Å². The second-order valence-electron chi connectivity index (χ2n) is 5.57. The van der Waals surface area contributed by atoms with E-state index in [-0.39, 0.29) is 23.4 Å². The Morgan fingerprint density at radius 2 is 1.75 bits per heavy atom. The molecule has 0 aliphatic heterocycles. The number of hydrogen-bond donors (Lipinski definition) is 1. The second kappa shape index (κ2) is 9.12. The van der Waals surface area contributed by atoms with E-state index < -0.39 is 30.2 Å². The molecular formula is C19H18F3NO5. The van der Waals surface area contributed by atoms with Gasteiger partial charge in [-0.1, -0.05) is 18.2 Å². The van der Waals surface area contributed by atoms with Crippen LogP contribution in [0.3, 0.4) is 0 Å². The van der Waals surface area contributed by atoms with Crippen LogP contribution >= 0.6 is 0 Å². The van der Waals surface area contributed by atoms with Crippen LogP contribution in [0.1, 0.15) is 21.5 Å². The highest BCUT2D eigenvalue weighted by molar-refractivity contribution is 5.94. The van der Waals surface area contributed by atoms with Gasteiger partial charge in [-0.2, -0.15) is 13.2 Å². The minimum Gasteiger partial charge on any atom is -0.497 e. The minimum absolute atomic E-state index is 0.0820. The Morgan fingerprint density at radius 1 is 1.04 bits per heavy atom. The third-order valence-electron chi connectivity index (χ3n) is 3.76. The van der Waals surface area contributed by atoms with Gasteiger partial charge in [0, 0.05) is 12.6 Å². The lowest BCUT2D eigenvalue weighted by Crippen LogP contribution is -2.29. The molecule has 2 aromatic rings. The first-order valence-corrected chi connectivity index (χ1v) is 8.07. The molecule has 0 aliphatic rings. The van der Waals surface area contributed by atoms with Gasteiger partial charge >= 0.3 is 12.1 Å². The number of alkyl halides is 3. The molecule has 2 rings (SSSR count). The van der Waals surface area contributed by atoms with Crippen LogP contribution in [-0.2, 0) is 22.3 Å². The summed E-state index contributed by atoms with van der Waals surface area (Å²) in [4.78, 5) is 24.0. The fraction of sp³-hybridized carbons (Fsp3) is 0.263. The van der Waals surface area contributed by atoms with Gasteiger partial charge in [-0.3, -0.25) is 4.79 Å². The average molecular weight is 397 g/mol. The van der Waals surface area contributed by atoms with Crippen molar-refractivity contribution in [1.82, 2.24) is 5.32 Å². The zero-order valence-electron chi connectivity index (χ0n) is 15.1. The van der Waals surface area contributed by atoms with Crippen molar-refractivity contribution in [3.05, 3.63) is 59.2 Å². The van der Waals surface area contributed by atoms with Crippen LogP contribution in [0.5, 0.6) is 11.5 Å². The average Bonchev–Trinajstić information content (AvgIpc) is 2.69. The van der Waals surface area contributed by atoms with Crippen molar-refractivity contribution in [2.45, 2.75) is 12.7 Å². The Balaban J connectivity index is 1.94. The third-order valence-corrected chi connectivity index (χ3v) is 3.76. The Kier molecular flexibility index (Phi) is 6.86. The van der Waals surface area contributed by atoms with Crippen molar-refractivity contribution in [1.29, 1.82) is 0 Å². The highest BCUT2D eigenvalue weighted by atomic mass is 19.4. The van der Waals surface area contributed by atoms with Gasteiger partial charge < -0.3 is 19.5 Å². The van der Waals surface area contributed by atoms with Gasteiger partial charge in [-0.25, -0.2) is 4.79 Å². The number of esters is 1. The molecule has 6 nitrogen and oxygen atoms in total. The van der Waals surface area contributed by atoms with E-state index in [0.717, 1.165) is 6.07 Å². The number of halogens is 3. The molecule has 2 aromatic carbocycles. The number of nitrogens with one attached hydrogen (secondary N) is 1. The predicted octanol–water partition coefficient (Wildman–Crippen LogP) is 3.20. The molecule has 0 atom stereocenters. The van der Waals surface area contributed by atoms with E-state index in [0.29, 0.717) is 5.75 Å². The topological polar surface area (TPSA) is 73.9 Å². The lowest BCUT2D eigenvalue weighted by Gasteiger charge is -2.13. The van der Waals surface area contributed by atoms with Crippen LogP contribution in [0.25, 0.3) is 0 Å². The van der Waals surface area contributed by atoms with Gasteiger partial charge in [0.1, 0.15) is 17.1 Å². The summed E-state index contributed by atoms with van der Waals surface area (Å²) in [6, 6.07) is 9.30. The molecule has 0 fully saturated rings. The minimum atomic E-state index is -4.53. The maximum atomic E-state index is 12.9. The molecule has 0 aliphatic carbocycles. The molecule has 150 valence electrons.